The van der Waals surface area contributed by atoms with E-state index in [4.69, 9.17) is 4.99 Å². The highest BCUT2D eigenvalue weighted by molar-refractivity contribution is 6.13. The number of rotatable bonds is 3. The van der Waals surface area contributed by atoms with E-state index in [-0.39, 0.29) is 0 Å². The zero-order valence-electron chi connectivity index (χ0n) is 13.8. The number of aromatic amines is 1. The van der Waals surface area contributed by atoms with E-state index in [1.807, 2.05) is 12.3 Å². The molecule has 0 unspecified atom stereocenters. The van der Waals surface area contributed by atoms with Crippen molar-refractivity contribution in [3.05, 3.63) is 47.6 Å². The summed E-state index contributed by atoms with van der Waals surface area (Å²) in [6, 6.07) is 4.12. The number of aliphatic imine (C=N–C) groups is 1. The van der Waals surface area contributed by atoms with Gasteiger partial charge in [0, 0.05) is 17.9 Å². The average molecular weight is 307 g/mol. The minimum absolute atomic E-state index is 0.369. The molecule has 0 spiro atoms. The van der Waals surface area contributed by atoms with Crippen molar-refractivity contribution in [1.82, 2.24) is 10.3 Å². The van der Waals surface area contributed by atoms with E-state index in [0.717, 1.165) is 34.9 Å². The van der Waals surface area contributed by atoms with Crippen LogP contribution in [0.5, 0.6) is 0 Å². The number of H-pyrrole nitrogens is 1. The summed E-state index contributed by atoms with van der Waals surface area (Å²) < 4.78 is 0. The summed E-state index contributed by atoms with van der Waals surface area (Å²) in [7, 11) is 0. The molecule has 4 aliphatic carbocycles. The molecule has 4 fully saturated rings. The number of aromatic nitrogens is 1. The van der Waals surface area contributed by atoms with Gasteiger partial charge in [-0.15, -0.1) is 0 Å². The number of nitrogens with zero attached hydrogens (tertiary/aromatic N) is 1. The van der Waals surface area contributed by atoms with Crippen molar-refractivity contribution in [2.24, 2.45) is 22.7 Å². The van der Waals surface area contributed by atoms with Crippen molar-refractivity contribution in [2.75, 3.05) is 0 Å². The average Bonchev–Trinajstić information content (AvgIpc) is 3.13. The first-order chi connectivity index (χ1) is 11.2. The Balaban J connectivity index is 1.37. The lowest BCUT2D eigenvalue weighted by Crippen LogP contribution is -2.56. The van der Waals surface area contributed by atoms with Gasteiger partial charge in [0.25, 0.3) is 0 Å². The van der Waals surface area contributed by atoms with Crippen LogP contribution in [-0.2, 0) is 0 Å². The van der Waals surface area contributed by atoms with Crippen LogP contribution >= 0.6 is 0 Å². The second-order valence-corrected chi connectivity index (χ2v) is 8.28. The summed E-state index contributed by atoms with van der Waals surface area (Å²) in [5.74, 6) is 2.93. The largest absolute Gasteiger partial charge is 0.384 e. The van der Waals surface area contributed by atoms with Crippen molar-refractivity contribution < 1.29 is 0 Å². The van der Waals surface area contributed by atoms with Gasteiger partial charge < -0.3 is 10.3 Å². The molecule has 23 heavy (non-hydrogen) atoms. The molecule has 0 atom stereocenters. The van der Waals surface area contributed by atoms with Gasteiger partial charge in [-0.05, 0) is 87.0 Å². The monoisotopic (exact) mass is 307 g/mol. The van der Waals surface area contributed by atoms with E-state index in [1.165, 1.54) is 44.1 Å². The number of hydrogen-bond acceptors (Lipinski definition) is 2. The fourth-order valence-corrected chi connectivity index (χ4v) is 5.88. The molecular formula is C20H25N3. The molecule has 3 nitrogen and oxygen atoms in total. The van der Waals surface area contributed by atoms with Crippen LogP contribution in [0.1, 0.15) is 51.1 Å². The maximum Gasteiger partial charge on any atom is 0.0902 e. The van der Waals surface area contributed by atoms with E-state index < -0.39 is 0 Å². The van der Waals surface area contributed by atoms with Crippen LogP contribution in [0.4, 0.5) is 0 Å². The fourth-order valence-electron chi connectivity index (χ4n) is 5.88. The summed E-state index contributed by atoms with van der Waals surface area (Å²) in [6.45, 7) is 2.14. The molecule has 0 amide bonds. The molecule has 2 N–H and O–H groups in total. The second-order valence-electron chi connectivity index (χ2n) is 8.28. The highest BCUT2D eigenvalue weighted by Crippen LogP contribution is 2.55. The van der Waals surface area contributed by atoms with Crippen molar-refractivity contribution in [1.29, 1.82) is 0 Å². The highest BCUT2D eigenvalue weighted by atomic mass is 15.0. The molecule has 5 aliphatic rings. The van der Waals surface area contributed by atoms with E-state index in [9.17, 15) is 0 Å². The van der Waals surface area contributed by atoms with Gasteiger partial charge in [0.2, 0.25) is 0 Å². The van der Waals surface area contributed by atoms with Gasteiger partial charge in [-0.2, -0.15) is 0 Å². The first-order valence-corrected chi connectivity index (χ1v) is 9.08. The Bertz CT molecular complexity index is 670. The van der Waals surface area contributed by atoms with E-state index in [1.54, 1.807) is 0 Å². The van der Waals surface area contributed by atoms with Crippen molar-refractivity contribution in [3.8, 4) is 0 Å². The third kappa shape index (κ3) is 2.29. The van der Waals surface area contributed by atoms with Crippen LogP contribution in [0, 0.1) is 17.8 Å². The zero-order valence-corrected chi connectivity index (χ0v) is 13.8. The van der Waals surface area contributed by atoms with Gasteiger partial charge in [0.15, 0.2) is 0 Å². The normalized spacial score (nSPS) is 39.7. The minimum Gasteiger partial charge on any atom is -0.384 e. The first kappa shape index (κ1) is 13.6. The Morgan fingerprint density at radius 1 is 1.17 bits per heavy atom. The molecule has 6 rings (SSSR count). The topological polar surface area (TPSA) is 40.2 Å². The molecular weight excluding hydrogens is 282 g/mol. The standard InChI is InChI=1S/C20H25N3/c1-13-5-17(23-19(13)18-3-2-4-21-18)12-22-20-9-14-6-15(10-20)8-16(7-14)11-20/h2-5,12,14-16,21-22H,6-11H2,1H3/b17-12+. The molecule has 3 heteroatoms. The number of allylic oxidation sites excluding steroid dienone is 2. The third-order valence-electron chi connectivity index (χ3n) is 6.40. The van der Waals surface area contributed by atoms with Crippen LogP contribution in [0.15, 0.2) is 46.9 Å². The molecule has 0 aromatic carbocycles. The highest BCUT2D eigenvalue weighted by Gasteiger charge is 2.50. The number of hydrogen-bond donors (Lipinski definition) is 2. The van der Waals surface area contributed by atoms with Crippen molar-refractivity contribution in [3.63, 3.8) is 0 Å². The SMILES string of the molecule is CC1=C/C(=C\NC23CC4CC(CC(C4)C2)C3)N=C1c1ccc[nH]1. The quantitative estimate of drug-likeness (QED) is 0.864. The van der Waals surface area contributed by atoms with Gasteiger partial charge >= 0.3 is 0 Å². The van der Waals surface area contributed by atoms with Gasteiger partial charge in [0.1, 0.15) is 0 Å². The molecule has 2 heterocycles. The van der Waals surface area contributed by atoms with Gasteiger partial charge in [-0.3, -0.25) is 0 Å². The second kappa shape index (κ2) is 4.86. The first-order valence-electron chi connectivity index (χ1n) is 9.08. The summed E-state index contributed by atoms with van der Waals surface area (Å²) in [5.41, 5.74) is 4.87. The fraction of sp³-hybridized carbons (Fsp3) is 0.550. The van der Waals surface area contributed by atoms with Crippen LogP contribution in [0.25, 0.3) is 0 Å². The maximum atomic E-state index is 4.82. The number of nitrogens with one attached hydrogen (secondary N) is 2. The Morgan fingerprint density at radius 2 is 1.87 bits per heavy atom. The lowest BCUT2D eigenvalue weighted by Gasteiger charge is -2.56. The molecule has 0 radical (unpaired) electrons. The minimum atomic E-state index is 0.369. The van der Waals surface area contributed by atoms with Crippen LogP contribution in [-0.4, -0.2) is 16.2 Å². The lowest BCUT2D eigenvalue weighted by atomic mass is 9.53. The Hall–Kier alpha value is -1.77. The maximum absolute atomic E-state index is 4.82. The molecule has 1 aromatic rings. The van der Waals surface area contributed by atoms with Crippen molar-refractivity contribution >= 4 is 5.71 Å². The smallest absolute Gasteiger partial charge is 0.0902 e. The van der Waals surface area contributed by atoms with Crippen LogP contribution < -0.4 is 5.32 Å². The summed E-state index contributed by atoms with van der Waals surface area (Å²) in [5, 5.41) is 3.83. The summed E-state index contributed by atoms with van der Waals surface area (Å²) in [6.07, 6.45) is 14.9. The van der Waals surface area contributed by atoms with Gasteiger partial charge in [0.05, 0.1) is 17.1 Å². The predicted octanol–water partition coefficient (Wildman–Crippen LogP) is 4.16. The summed E-state index contributed by atoms with van der Waals surface area (Å²) in [4.78, 5) is 8.08. The van der Waals surface area contributed by atoms with Gasteiger partial charge in [-0.25, -0.2) is 4.99 Å². The lowest BCUT2D eigenvalue weighted by molar-refractivity contribution is -0.0130. The Kier molecular flexibility index (Phi) is 2.88. The van der Waals surface area contributed by atoms with Gasteiger partial charge in [-0.1, -0.05) is 0 Å². The Labute approximate surface area is 138 Å². The molecule has 1 aliphatic heterocycles. The molecule has 0 saturated heterocycles. The van der Waals surface area contributed by atoms with E-state index in [2.05, 4.69) is 35.6 Å². The van der Waals surface area contributed by atoms with Crippen LogP contribution in [0.3, 0.4) is 0 Å². The Morgan fingerprint density at radius 3 is 2.48 bits per heavy atom. The predicted molar refractivity (Wildman–Crippen MR) is 93.2 cm³/mol. The molecule has 4 bridgehead atoms. The van der Waals surface area contributed by atoms with E-state index in [0.29, 0.717) is 5.54 Å². The molecule has 4 saturated carbocycles. The molecule has 120 valence electrons. The molecule has 1 aromatic heterocycles. The van der Waals surface area contributed by atoms with Crippen molar-refractivity contribution in [2.45, 2.75) is 51.0 Å². The third-order valence-corrected chi connectivity index (χ3v) is 6.40. The van der Waals surface area contributed by atoms with Crippen LogP contribution in [0.2, 0.25) is 0 Å². The zero-order chi connectivity index (χ0) is 15.4. The van der Waals surface area contributed by atoms with E-state index >= 15 is 0 Å². The summed E-state index contributed by atoms with van der Waals surface area (Å²) >= 11 is 0.